The van der Waals surface area contributed by atoms with Crippen LogP contribution in [0.25, 0.3) is 0 Å². The molecule has 1 N–H and O–H groups in total. The maximum Gasteiger partial charge on any atom is 0.124 e. The average molecular weight is 245 g/mol. The standard InChI is InChI=1S/C13H18ClFO/c1-2-4-12(16)6-3-5-10-7-8-11(15)9-13(10)14/h7-9,12,16H,2-6H2,1H3. The molecule has 0 fully saturated rings. The van der Waals surface area contributed by atoms with E-state index in [1.54, 1.807) is 6.07 Å². The van der Waals surface area contributed by atoms with E-state index in [0.29, 0.717) is 5.02 Å². The molecule has 1 aromatic rings. The molecule has 1 atom stereocenters. The Morgan fingerprint density at radius 3 is 2.75 bits per heavy atom. The van der Waals surface area contributed by atoms with Gasteiger partial charge in [-0.2, -0.15) is 0 Å². The first-order valence-corrected chi connectivity index (χ1v) is 6.13. The van der Waals surface area contributed by atoms with E-state index >= 15 is 0 Å². The molecule has 0 saturated carbocycles. The fourth-order valence-corrected chi connectivity index (χ4v) is 1.99. The van der Waals surface area contributed by atoms with Crippen molar-refractivity contribution in [2.45, 2.75) is 45.1 Å². The summed E-state index contributed by atoms with van der Waals surface area (Å²) in [5, 5.41) is 10.0. The monoisotopic (exact) mass is 244 g/mol. The van der Waals surface area contributed by atoms with Crippen molar-refractivity contribution in [3.63, 3.8) is 0 Å². The highest BCUT2D eigenvalue weighted by Gasteiger charge is 2.05. The molecule has 0 amide bonds. The fourth-order valence-electron chi connectivity index (χ4n) is 1.73. The summed E-state index contributed by atoms with van der Waals surface area (Å²) in [6, 6.07) is 4.47. The second-order valence-electron chi connectivity index (χ2n) is 4.07. The van der Waals surface area contributed by atoms with Crippen molar-refractivity contribution in [1.29, 1.82) is 0 Å². The van der Waals surface area contributed by atoms with Crippen LogP contribution in [-0.4, -0.2) is 11.2 Å². The van der Waals surface area contributed by atoms with Crippen molar-refractivity contribution in [3.8, 4) is 0 Å². The van der Waals surface area contributed by atoms with Gasteiger partial charge in [0.15, 0.2) is 0 Å². The van der Waals surface area contributed by atoms with Gasteiger partial charge in [0, 0.05) is 5.02 Å². The first-order chi connectivity index (χ1) is 7.63. The zero-order valence-corrected chi connectivity index (χ0v) is 10.3. The van der Waals surface area contributed by atoms with Crippen LogP contribution in [0.2, 0.25) is 5.02 Å². The molecule has 0 bridgehead atoms. The molecular weight excluding hydrogens is 227 g/mol. The van der Waals surface area contributed by atoms with Gasteiger partial charge in [-0.3, -0.25) is 0 Å². The van der Waals surface area contributed by atoms with Gasteiger partial charge in [0.2, 0.25) is 0 Å². The second kappa shape index (κ2) is 6.87. The number of aliphatic hydroxyl groups excluding tert-OH is 1. The van der Waals surface area contributed by atoms with Gasteiger partial charge in [-0.25, -0.2) is 4.39 Å². The maximum absolute atomic E-state index is 12.8. The Morgan fingerprint density at radius 1 is 1.38 bits per heavy atom. The normalized spacial score (nSPS) is 12.8. The minimum absolute atomic E-state index is 0.218. The molecular formula is C13H18ClFO. The maximum atomic E-state index is 12.8. The third kappa shape index (κ3) is 4.50. The number of aryl methyl sites for hydroxylation is 1. The summed E-state index contributed by atoms with van der Waals surface area (Å²) >= 11 is 5.90. The largest absolute Gasteiger partial charge is 0.393 e. The third-order valence-corrected chi connectivity index (χ3v) is 2.97. The van der Waals surface area contributed by atoms with Crippen molar-refractivity contribution >= 4 is 11.6 Å². The predicted molar refractivity (Wildman–Crippen MR) is 65.3 cm³/mol. The Labute approximate surface area is 101 Å². The molecule has 0 saturated heterocycles. The zero-order chi connectivity index (χ0) is 12.0. The highest BCUT2D eigenvalue weighted by Crippen LogP contribution is 2.19. The predicted octanol–water partition coefficient (Wildman–Crippen LogP) is 3.96. The van der Waals surface area contributed by atoms with Gasteiger partial charge in [0.25, 0.3) is 0 Å². The average Bonchev–Trinajstić information content (AvgIpc) is 2.22. The van der Waals surface area contributed by atoms with Gasteiger partial charge in [-0.05, 0) is 43.4 Å². The highest BCUT2D eigenvalue weighted by molar-refractivity contribution is 6.31. The summed E-state index contributed by atoms with van der Waals surface area (Å²) in [7, 11) is 0. The Morgan fingerprint density at radius 2 is 2.12 bits per heavy atom. The van der Waals surface area contributed by atoms with Gasteiger partial charge >= 0.3 is 0 Å². The molecule has 16 heavy (non-hydrogen) atoms. The van der Waals surface area contributed by atoms with Crippen LogP contribution in [0.15, 0.2) is 18.2 Å². The number of hydrogen-bond acceptors (Lipinski definition) is 1. The smallest absolute Gasteiger partial charge is 0.124 e. The van der Waals surface area contributed by atoms with E-state index in [-0.39, 0.29) is 11.9 Å². The van der Waals surface area contributed by atoms with Gasteiger partial charge in [0.05, 0.1) is 6.10 Å². The molecule has 0 heterocycles. The molecule has 1 nitrogen and oxygen atoms in total. The van der Waals surface area contributed by atoms with Gasteiger partial charge in [-0.1, -0.05) is 31.0 Å². The molecule has 0 aliphatic rings. The van der Waals surface area contributed by atoms with Gasteiger partial charge < -0.3 is 5.11 Å². The Balaban J connectivity index is 2.37. The Hall–Kier alpha value is -0.600. The molecule has 0 spiro atoms. The summed E-state index contributed by atoms with van der Waals surface area (Å²) < 4.78 is 12.8. The summed E-state index contributed by atoms with van der Waals surface area (Å²) in [6.45, 7) is 2.06. The minimum atomic E-state index is -0.306. The van der Waals surface area contributed by atoms with E-state index < -0.39 is 0 Å². The van der Waals surface area contributed by atoms with Gasteiger partial charge in [0.1, 0.15) is 5.82 Å². The molecule has 1 aromatic carbocycles. The minimum Gasteiger partial charge on any atom is -0.393 e. The lowest BCUT2D eigenvalue weighted by Crippen LogP contribution is -2.06. The molecule has 1 rings (SSSR count). The molecule has 0 aromatic heterocycles. The number of halogens is 2. The molecule has 3 heteroatoms. The summed E-state index contributed by atoms with van der Waals surface area (Å²) in [4.78, 5) is 0. The lowest BCUT2D eigenvalue weighted by Gasteiger charge is -2.09. The molecule has 0 radical (unpaired) electrons. The second-order valence-corrected chi connectivity index (χ2v) is 4.48. The molecule has 0 aliphatic heterocycles. The van der Waals surface area contributed by atoms with Crippen molar-refractivity contribution in [2.24, 2.45) is 0 Å². The van der Waals surface area contributed by atoms with E-state index in [1.165, 1.54) is 12.1 Å². The van der Waals surface area contributed by atoms with Crippen LogP contribution in [0.4, 0.5) is 4.39 Å². The SMILES string of the molecule is CCCC(O)CCCc1ccc(F)cc1Cl. The lowest BCUT2D eigenvalue weighted by atomic mass is 10.0. The fraction of sp³-hybridized carbons (Fsp3) is 0.538. The summed E-state index contributed by atoms with van der Waals surface area (Å²) in [5.41, 5.74) is 0.951. The number of benzene rings is 1. The van der Waals surface area contributed by atoms with Crippen molar-refractivity contribution in [1.82, 2.24) is 0 Å². The van der Waals surface area contributed by atoms with Crippen LogP contribution in [0.1, 0.15) is 38.2 Å². The lowest BCUT2D eigenvalue weighted by molar-refractivity contribution is 0.151. The van der Waals surface area contributed by atoms with E-state index in [1.807, 2.05) is 0 Å². The Kier molecular flexibility index (Phi) is 5.78. The van der Waals surface area contributed by atoms with E-state index in [2.05, 4.69) is 6.92 Å². The highest BCUT2D eigenvalue weighted by atomic mass is 35.5. The van der Waals surface area contributed by atoms with Crippen LogP contribution < -0.4 is 0 Å². The van der Waals surface area contributed by atoms with Crippen LogP contribution in [-0.2, 0) is 6.42 Å². The van der Waals surface area contributed by atoms with Crippen LogP contribution in [0, 0.1) is 5.82 Å². The Bertz CT molecular complexity index is 328. The quantitative estimate of drug-likeness (QED) is 0.803. The molecule has 0 aliphatic carbocycles. The molecule has 1 unspecified atom stereocenters. The first-order valence-electron chi connectivity index (χ1n) is 5.75. The van der Waals surface area contributed by atoms with E-state index in [4.69, 9.17) is 11.6 Å². The van der Waals surface area contributed by atoms with Crippen LogP contribution >= 0.6 is 11.6 Å². The molecule has 90 valence electrons. The van der Waals surface area contributed by atoms with Crippen molar-refractivity contribution < 1.29 is 9.50 Å². The van der Waals surface area contributed by atoms with Crippen molar-refractivity contribution in [3.05, 3.63) is 34.6 Å². The summed E-state index contributed by atoms with van der Waals surface area (Å²) in [6.07, 6.45) is 4.08. The number of hydrogen-bond donors (Lipinski definition) is 1. The topological polar surface area (TPSA) is 20.2 Å². The van der Waals surface area contributed by atoms with Crippen LogP contribution in [0.3, 0.4) is 0 Å². The van der Waals surface area contributed by atoms with E-state index in [0.717, 1.165) is 37.7 Å². The third-order valence-electron chi connectivity index (χ3n) is 2.62. The van der Waals surface area contributed by atoms with Gasteiger partial charge in [-0.15, -0.1) is 0 Å². The summed E-state index contributed by atoms with van der Waals surface area (Å²) in [5.74, 6) is -0.306. The number of rotatable bonds is 6. The van der Waals surface area contributed by atoms with Crippen molar-refractivity contribution in [2.75, 3.05) is 0 Å². The van der Waals surface area contributed by atoms with Crippen LogP contribution in [0.5, 0.6) is 0 Å². The van der Waals surface area contributed by atoms with E-state index in [9.17, 15) is 9.50 Å². The first kappa shape index (κ1) is 13.5. The number of aliphatic hydroxyl groups is 1. The zero-order valence-electron chi connectivity index (χ0n) is 9.55.